The number of carbonyl (C=O) groups is 2. The maximum absolute atomic E-state index is 13.3. The van der Waals surface area contributed by atoms with Crippen molar-refractivity contribution in [1.29, 1.82) is 0 Å². The van der Waals surface area contributed by atoms with Gasteiger partial charge in [0.1, 0.15) is 5.75 Å². The van der Waals surface area contributed by atoms with E-state index in [4.69, 9.17) is 14.2 Å². The van der Waals surface area contributed by atoms with Gasteiger partial charge in [-0.1, -0.05) is 36.4 Å². The lowest BCUT2D eigenvalue weighted by Gasteiger charge is -2.28. The molecule has 3 aromatic carbocycles. The number of nitrogens with zero attached hydrogens (tertiary/aromatic N) is 2. The monoisotopic (exact) mass is 488 g/mol. The molecule has 8 heteroatoms. The van der Waals surface area contributed by atoms with E-state index in [0.717, 1.165) is 16.8 Å². The van der Waals surface area contributed by atoms with Crippen LogP contribution in [0.2, 0.25) is 0 Å². The lowest BCUT2D eigenvalue weighted by Crippen LogP contribution is -2.39. The largest absolute Gasteiger partial charge is 0.497 e. The molecule has 0 bridgehead atoms. The minimum atomic E-state index is -0.912. The maximum Gasteiger partial charge on any atom is 0.309 e. The van der Waals surface area contributed by atoms with Crippen LogP contribution in [0.15, 0.2) is 72.8 Å². The first kappa shape index (κ1) is 23.7. The Kier molecular flexibility index (Phi) is 6.52. The zero-order valence-corrected chi connectivity index (χ0v) is 20.2. The first-order valence-electron chi connectivity index (χ1n) is 11.8. The number of rotatable bonds is 7. The molecule has 1 saturated heterocycles. The number of methoxy groups -OCH3 is 1. The van der Waals surface area contributed by atoms with Gasteiger partial charge in [0.2, 0.25) is 12.7 Å². The minimum Gasteiger partial charge on any atom is -0.497 e. The van der Waals surface area contributed by atoms with Gasteiger partial charge in [0.15, 0.2) is 11.5 Å². The molecule has 1 amide bonds. The molecule has 1 N–H and O–H groups in total. The van der Waals surface area contributed by atoms with E-state index in [-0.39, 0.29) is 25.2 Å². The van der Waals surface area contributed by atoms with Crippen LogP contribution in [-0.2, 0) is 9.59 Å². The van der Waals surface area contributed by atoms with Gasteiger partial charge in [-0.05, 0) is 47.5 Å². The third-order valence-electron chi connectivity index (χ3n) is 7.02. The van der Waals surface area contributed by atoms with Gasteiger partial charge in [0, 0.05) is 31.2 Å². The van der Waals surface area contributed by atoms with Gasteiger partial charge in [0.05, 0.1) is 19.6 Å². The number of anilines is 1. The summed E-state index contributed by atoms with van der Waals surface area (Å²) >= 11 is 0. The molecule has 5 rings (SSSR count). The highest BCUT2D eigenvalue weighted by atomic mass is 16.7. The molecule has 0 saturated carbocycles. The molecular formula is C28H28N2O6. The van der Waals surface area contributed by atoms with E-state index < -0.39 is 17.9 Å². The van der Waals surface area contributed by atoms with Gasteiger partial charge in [0.25, 0.3) is 0 Å². The van der Waals surface area contributed by atoms with Crippen LogP contribution in [0, 0.1) is 5.92 Å². The molecular weight excluding hydrogens is 460 g/mol. The molecule has 0 spiro atoms. The predicted octanol–water partition coefficient (Wildman–Crippen LogP) is 3.93. The van der Waals surface area contributed by atoms with E-state index in [9.17, 15) is 14.7 Å². The SMILES string of the molecule is COc1ccc([C@@H]2[C@@H](C(=O)O)[C@@H](c3ccc4c(c3)OCO4)CN2CC(=O)N(C)c2ccccc2)cc1. The first-order chi connectivity index (χ1) is 17.5. The number of benzene rings is 3. The number of hydrogen-bond donors (Lipinski definition) is 1. The van der Waals surface area contributed by atoms with Gasteiger partial charge in [-0.3, -0.25) is 14.5 Å². The topological polar surface area (TPSA) is 88.5 Å². The van der Waals surface area contributed by atoms with Crippen LogP contribution in [0.25, 0.3) is 0 Å². The summed E-state index contributed by atoms with van der Waals surface area (Å²) in [4.78, 5) is 29.6. The number of likely N-dealkylation sites (tertiary alicyclic amines) is 1. The van der Waals surface area contributed by atoms with Crippen molar-refractivity contribution in [3.05, 3.63) is 83.9 Å². The predicted molar refractivity (Wildman–Crippen MR) is 134 cm³/mol. The van der Waals surface area contributed by atoms with Crippen molar-refractivity contribution in [2.75, 3.05) is 38.9 Å². The molecule has 2 aliphatic heterocycles. The minimum absolute atomic E-state index is 0.0763. The summed E-state index contributed by atoms with van der Waals surface area (Å²) in [5, 5.41) is 10.4. The number of ether oxygens (including phenoxy) is 3. The highest BCUT2D eigenvalue weighted by molar-refractivity contribution is 5.94. The van der Waals surface area contributed by atoms with Crippen molar-refractivity contribution in [2.24, 2.45) is 5.92 Å². The Hall–Kier alpha value is -4.04. The van der Waals surface area contributed by atoms with E-state index >= 15 is 0 Å². The number of likely N-dealkylation sites (N-methyl/N-ethyl adjacent to an activating group) is 1. The Morgan fingerprint density at radius 1 is 1.00 bits per heavy atom. The van der Waals surface area contributed by atoms with Gasteiger partial charge < -0.3 is 24.2 Å². The Morgan fingerprint density at radius 2 is 1.69 bits per heavy atom. The molecule has 2 aliphatic rings. The number of aliphatic carboxylic acids is 1. The highest BCUT2D eigenvalue weighted by Gasteiger charge is 2.48. The standard InChI is InChI=1S/C28H28N2O6/c1-29(20-6-4-3-5-7-20)25(31)16-30-15-22(19-10-13-23-24(14-19)36-17-35-23)26(28(32)33)27(30)18-8-11-21(34-2)12-9-18/h3-14,22,26-27H,15-17H2,1-2H3,(H,32,33)/t22-,26+,27-/m1/s1. The summed E-state index contributed by atoms with van der Waals surface area (Å²) in [7, 11) is 3.32. The van der Waals surface area contributed by atoms with Crippen LogP contribution in [0.5, 0.6) is 17.2 Å². The number of carboxylic acid groups (broad SMARTS) is 1. The van der Waals surface area contributed by atoms with Crippen molar-refractivity contribution < 1.29 is 28.9 Å². The summed E-state index contributed by atoms with van der Waals surface area (Å²) in [5.74, 6) is -0.210. The van der Waals surface area contributed by atoms with Crippen molar-refractivity contribution in [3.63, 3.8) is 0 Å². The van der Waals surface area contributed by atoms with E-state index in [0.29, 0.717) is 23.8 Å². The molecule has 1 fully saturated rings. The number of amides is 1. The quantitative estimate of drug-likeness (QED) is 0.539. The number of carboxylic acids is 1. The van der Waals surface area contributed by atoms with Crippen LogP contribution >= 0.6 is 0 Å². The first-order valence-corrected chi connectivity index (χ1v) is 11.8. The van der Waals surface area contributed by atoms with Crippen molar-refractivity contribution in [2.45, 2.75) is 12.0 Å². The molecule has 3 atom stereocenters. The van der Waals surface area contributed by atoms with Crippen LogP contribution in [0.1, 0.15) is 23.1 Å². The molecule has 3 aromatic rings. The van der Waals surface area contributed by atoms with Gasteiger partial charge in [-0.25, -0.2) is 0 Å². The number of para-hydroxylation sites is 1. The average molecular weight is 489 g/mol. The summed E-state index contributed by atoms with van der Waals surface area (Å²) in [6.45, 7) is 0.626. The smallest absolute Gasteiger partial charge is 0.309 e. The Morgan fingerprint density at radius 3 is 2.39 bits per heavy atom. The van der Waals surface area contributed by atoms with Crippen LogP contribution in [0.4, 0.5) is 5.69 Å². The second-order valence-electron chi connectivity index (χ2n) is 9.02. The molecule has 186 valence electrons. The van der Waals surface area contributed by atoms with Crippen molar-refractivity contribution in [3.8, 4) is 17.2 Å². The number of hydrogen-bond acceptors (Lipinski definition) is 6. The number of fused-ring (bicyclic) bond motifs is 1. The third kappa shape index (κ3) is 4.47. The fourth-order valence-corrected chi connectivity index (χ4v) is 5.15. The van der Waals surface area contributed by atoms with Gasteiger partial charge in [-0.15, -0.1) is 0 Å². The Bertz CT molecular complexity index is 1250. The molecule has 0 aromatic heterocycles. The van der Waals surface area contributed by atoms with E-state index in [1.165, 1.54) is 0 Å². The fraction of sp³-hybridized carbons (Fsp3) is 0.286. The summed E-state index contributed by atoms with van der Waals surface area (Å²) in [6.07, 6.45) is 0. The van der Waals surface area contributed by atoms with Crippen LogP contribution in [-0.4, -0.2) is 55.9 Å². The van der Waals surface area contributed by atoms with E-state index in [1.54, 1.807) is 19.1 Å². The summed E-state index contributed by atoms with van der Waals surface area (Å²) in [6, 6.07) is 21.8. The normalized spacial score (nSPS) is 20.8. The van der Waals surface area contributed by atoms with Gasteiger partial charge >= 0.3 is 5.97 Å². The highest BCUT2D eigenvalue weighted by Crippen LogP contribution is 2.47. The maximum atomic E-state index is 13.3. The average Bonchev–Trinajstić information content (AvgIpc) is 3.53. The van der Waals surface area contributed by atoms with Crippen LogP contribution in [0.3, 0.4) is 0 Å². The molecule has 8 nitrogen and oxygen atoms in total. The molecule has 0 radical (unpaired) electrons. The Balaban J connectivity index is 1.50. The fourth-order valence-electron chi connectivity index (χ4n) is 5.15. The van der Waals surface area contributed by atoms with Crippen molar-refractivity contribution >= 4 is 17.6 Å². The summed E-state index contributed by atoms with van der Waals surface area (Å²) in [5.41, 5.74) is 2.45. The zero-order chi connectivity index (χ0) is 25.2. The molecule has 0 unspecified atom stereocenters. The zero-order valence-electron chi connectivity index (χ0n) is 20.2. The Labute approximate surface area is 209 Å². The molecule has 2 heterocycles. The third-order valence-corrected chi connectivity index (χ3v) is 7.02. The summed E-state index contributed by atoms with van der Waals surface area (Å²) < 4.78 is 16.3. The lowest BCUT2D eigenvalue weighted by atomic mass is 9.82. The number of carbonyl (C=O) groups excluding carboxylic acids is 1. The van der Waals surface area contributed by atoms with Gasteiger partial charge in [-0.2, -0.15) is 0 Å². The lowest BCUT2D eigenvalue weighted by molar-refractivity contribution is -0.143. The van der Waals surface area contributed by atoms with E-state index in [1.807, 2.05) is 77.7 Å². The second kappa shape index (κ2) is 9.91. The second-order valence-corrected chi connectivity index (χ2v) is 9.02. The molecule has 0 aliphatic carbocycles. The van der Waals surface area contributed by atoms with Crippen LogP contribution < -0.4 is 19.1 Å². The van der Waals surface area contributed by atoms with Crippen molar-refractivity contribution in [1.82, 2.24) is 4.90 Å². The molecule has 36 heavy (non-hydrogen) atoms. The van der Waals surface area contributed by atoms with E-state index in [2.05, 4.69) is 0 Å².